The second-order valence-corrected chi connectivity index (χ2v) is 7.53. The Bertz CT molecular complexity index is 571. The van der Waals surface area contributed by atoms with Gasteiger partial charge in [-0.15, -0.1) is 0 Å². The standard InChI is InChI=1S/C14H22Cl2N2O2S/c1-4-6-18(7-5-2)21(19,20)14-8-11(10-17-3)12(15)9-13(14)16/h8-9,17H,4-7,10H2,1-3H3. The number of nitrogens with one attached hydrogen (secondary N) is 1. The second-order valence-electron chi connectivity index (χ2n) is 4.81. The van der Waals surface area contributed by atoms with Crippen LogP contribution in [0.1, 0.15) is 32.3 Å². The molecule has 0 radical (unpaired) electrons. The molecule has 0 atom stereocenters. The Balaban J connectivity index is 3.31. The largest absolute Gasteiger partial charge is 0.316 e. The van der Waals surface area contributed by atoms with Crippen molar-refractivity contribution in [2.24, 2.45) is 0 Å². The summed E-state index contributed by atoms with van der Waals surface area (Å²) in [7, 11) is -1.82. The summed E-state index contributed by atoms with van der Waals surface area (Å²) in [5.41, 5.74) is 0.718. The quantitative estimate of drug-likeness (QED) is 0.778. The van der Waals surface area contributed by atoms with E-state index in [2.05, 4.69) is 5.32 Å². The summed E-state index contributed by atoms with van der Waals surface area (Å²) in [6.07, 6.45) is 1.52. The fourth-order valence-electron chi connectivity index (χ4n) is 2.08. The van der Waals surface area contributed by atoms with E-state index >= 15 is 0 Å². The van der Waals surface area contributed by atoms with E-state index in [1.807, 2.05) is 13.8 Å². The van der Waals surface area contributed by atoms with Gasteiger partial charge in [0.1, 0.15) is 4.90 Å². The van der Waals surface area contributed by atoms with Gasteiger partial charge < -0.3 is 5.32 Å². The molecule has 0 aliphatic carbocycles. The van der Waals surface area contributed by atoms with Gasteiger partial charge in [-0.2, -0.15) is 4.31 Å². The number of sulfonamides is 1. The lowest BCUT2D eigenvalue weighted by Crippen LogP contribution is -2.32. The van der Waals surface area contributed by atoms with Crippen molar-refractivity contribution in [3.63, 3.8) is 0 Å². The van der Waals surface area contributed by atoms with Gasteiger partial charge in [0.15, 0.2) is 0 Å². The van der Waals surface area contributed by atoms with E-state index < -0.39 is 10.0 Å². The van der Waals surface area contributed by atoms with E-state index in [9.17, 15) is 8.42 Å². The van der Waals surface area contributed by atoms with Crippen LogP contribution in [0.5, 0.6) is 0 Å². The highest BCUT2D eigenvalue weighted by molar-refractivity contribution is 7.89. The molecule has 0 heterocycles. The van der Waals surface area contributed by atoms with Gasteiger partial charge in [0.2, 0.25) is 10.0 Å². The fraction of sp³-hybridized carbons (Fsp3) is 0.571. The zero-order chi connectivity index (χ0) is 16.0. The van der Waals surface area contributed by atoms with Gasteiger partial charge in [-0.25, -0.2) is 8.42 Å². The van der Waals surface area contributed by atoms with Gasteiger partial charge >= 0.3 is 0 Å². The molecule has 0 saturated heterocycles. The summed E-state index contributed by atoms with van der Waals surface area (Å²) in [6.45, 7) is 5.36. The molecule has 21 heavy (non-hydrogen) atoms. The molecule has 120 valence electrons. The molecule has 1 rings (SSSR count). The van der Waals surface area contributed by atoms with Crippen molar-refractivity contribution in [2.75, 3.05) is 20.1 Å². The van der Waals surface area contributed by atoms with Crippen LogP contribution in [0.3, 0.4) is 0 Å². The van der Waals surface area contributed by atoms with Gasteiger partial charge in [-0.1, -0.05) is 37.0 Å². The second kappa shape index (κ2) is 8.34. The molecule has 0 bridgehead atoms. The lowest BCUT2D eigenvalue weighted by atomic mass is 10.2. The third kappa shape index (κ3) is 4.57. The van der Waals surface area contributed by atoms with Crippen molar-refractivity contribution in [3.05, 3.63) is 27.7 Å². The van der Waals surface area contributed by atoms with E-state index in [-0.39, 0.29) is 9.92 Å². The Hall–Kier alpha value is -0.330. The first-order valence-electron chi connectivity index (χ1n) is 7.01. The molecule has 0 aromatic heterocycles. The number of hydrogen-bond donors (Lipinski definition) is 1. The lowest BCUT2D eigenvalue weighted by molar-refractivity contribution is 0.410. The van der Waals surface area contributed by atoms with E-state index in [4.69, 9.17) is 23.2 Å². The molecule has 1 N–H and O–H groups in total. The first kappa shape index (κ1) is 18.7. The maximum absolute atomic E-state index is 12.8. The molecule has 0 aliphatic rings. The van der Waals surface area contributed by atoms with E-state index in [0.717, 1.165) is 18.4 Å². The monoisotopic (exact) mass is 352 g/mol. The average molecular weight is 353 g/mol. The van der Waals surface area contributed by atoms with Crippen LogP contribution in [0, 0.1) is 0 Å². The van der Waals surface area contributed by atoms with Gasteiger partial charge in [0.25, 0.3) is 0 Å². The molecular formula is C14H22Cl2N2O2S. The topological polar surface area (TPSA) is 49.4 Å². The summed E-state index contributed by atoms with van der Waals surface area (Å²) in [6, 6.07) is 3.06. The summed E-state index contributed by atoms with van der Waals surface area (Å²) < 4.78 is 27.0. The predicted molar refractivity (Wildman–Crippen MR) is 88.6 cm³/mol. The normalized spacial score (nSPS) is 12.1. The molecule has 0 amide bonds. The fourth-order valence-corrected chi connectivity index (χ4v) is 4.55. The molecule has 1 aromatic rings. The van der Waals surface area contributed by atoms with Gasteiger partial charge in [-0.05, 0) is 37.6 Å². The first-order valence-corrected chi connectivity index (χ1v) is 9.20. The van der Waals surface area contributed by atoms with Crippen molar-refractivity contribution in [2.45, 2.75) is 38.1 Å². The zero-order valence-electron chi connectivity index (χ0n) is 12.6. The molecule has 0 spiro atoms. The molecule has 0 aliphatic heterocycles. The van der Waals surface area contributed by atoms with Crippen molar-refractivity contribution >= 4 is 33.2 Å². The van der Waals surface area contributed by atoms with Crippen molar-refractivity contribution in [1.29, 1.82) is 0 Å². The number of benzene rings is 1. The Morgan fingerprint density at radius 3 is 2.14 bits per heavy atom. The van der Waals surface area contributed by atoms with Crippen LogP contribution in [-0.4, -0.2) is 32.9 Å². The number of rotatable bonds is 8. The van der Waals surface area contributed by atoms with Crippen molar-refractivity contribution < 1.29 is 8.42 Å². The predicted octanol–water partition coefficient (Wildman–Crippen LogP) is 3.52. The molecule has 7 heteroatoms. The highest BCUT2D eigenvalue weighted by Gasteiger charge is 2.26. The van der Waals surface area contributed by atoms with Crippen LogP contribution in [0.2, 0.25) is 10.0 Å². The minimum Gasteiger partial charge on any atom is -0.316 e. The first-order chi connectivity index (χ1) is 9.88. The van der Waals surface area contributed by atoms with Crippen molar-refractivity contribution in [3.8, 4) is 0 Å². The third-order valence-corrected chi connectivity index (χ3v) is 5.75. The molecular weight excluding hydrogens is 331 g/mol. The zero-order valence-corrected chi connectivity index (χ0v) is 14.9. The summed E-state index contributed by atoms with van der Waals surface area (Å²) in [4.78, 5) is 0.126. The minimum absolute atomic E-state index is 0.126. The van der Waals surface area contributed by atoms with Crippen LogP contribution in [0.4, 0.5) is 0 Å². The third-order valence-electron chi connectivity index (χ3n) is 3.03. The Morgan fingerprint density at radius 1 is 1.10 bits per heavy atom. The Kier molecular flexibility index (Phi) is 7.44. The average Bonchev–Trinajstić information content (AvgIpc) is 2.41. The highest BCUT2D eigenvalue weighted by Crippen LogP contribution is 2.30. The Labute approximate surface area is 137 Å². The van der Waals surface area contributed by atoms with Crippen LogP contribution in [0.25, 0.3) is 0 Å². The lowest BCUT2D eigenvalue weighted by Gasteiger charge is -2.22. The number of halogens is 2. The van der Waals surface area contributed by atoms with E-state index in [1.54, 1.807) is 13.1 Å². The molecule has 1 aromatic carbocycles. The van der Waals surface area contributed by atoms with Crippen LogP contribution in [-0.2, 0) is 16.6 Å². The van der Waals surface area contributed by atoms with E-state index in [1.165, 1.54) is 10.4 Å². The summed E-state index contributed by atoms with van der Waals surface area (Å²) >= 11 is 12.2. The maximum Gasteiger partial charge on any atom is 0.244 e. The molecule has 4 nitrogen and oxygen atoms in total. The van der Waals surface area contributed by atoms with Gasteiger partial charge in [0.05, 0.1) is 5.02 Å². The number of nitrogens with zero attached hydrogens (tertiary/aromatic N) is 1. The summed E-state index contributed by atoms with van der Waals surface area (Å²) in [5.74, 6) is 0. The van der Waals surface area contributed by atoms with Crippen LogP contribution in [0.15, 0.2) is 17.0 Å². The minimum atomic E-state index is -3.60. The maximum atomic E-state index is 12.8. The van der Waals surface area contributed by atoms with E-state index in [0.29, 0.717) is 24.7 Å². The van der Waals surface area contributed by atoms with Gasteiger partial charge in [0, 0.05) is 24.7 Å². The van der Waals surface area contributed by atoms with Crippen molar-refractivity contribution in [1.82, 2.24) is 9.62 Å². The van der Waals surface area contributed by atoms with Gasteiger partial charge in [-0.3, -0.25) is 0 Å². The highest BCUT2D eigenvalue weighted by atomic mass is 35.5. The number of hydrogen-bond acceptors (Lipinski definition) is 3. The van der Waals surface area contributed by atoms with Crippen LogP contribution >= 0.6 is 23.2 Å². The molecule has 0 fully saturated rings. The van der Waals surface area contributed by atoms with Crippen LogP contribution < -0.4 is 5.32 Å². The Morgan fingerprint density at radius 2 is 1.67 bits per heavy atom. The smallest absolute Gasteiger partial charge is 0.244 e. The molecule has 0 saturated carbocycles. The molecule has 0 unspecified atom stereocenters. The SMILES string of the molecule is CCCN(CCC)S(=O)(=O)c1cc(CNC)c(Cl)cc1Cl. The summed E-state index contributed by atoms with van der Waals surface area (Å²) in [5, 5.41) is 3.59.